The highest BCUT2D eigenvalue weighted by molar-refractivity contribution is 5.77. The van der Waals surface area contributed by atoms with E-state index in [9.17, 15) is 4.79 Å². The van der Waals surface area contributed by atoms with Gasteiger partial charge in [-0.15, -0.1) is 0 Å². The lowest BCUT2D eigenvalue weighted by molar-refractivity contribution is -0.141. The summed E-state index contributed by atoms with van der Waals surface area (Å²) in [5, 5.41) is 3.53. The number of rotatable bonds is 8. The maximum atomic E-state index is 11.7. The third-order valence-electron chi connectivity index (χ3n) is 6.22. The van der Waals surface area contributed by atoms with Crippen molar-refractivity contribution >= 4 is 11.7 Å². The van der Waals surface area contributed by atoms with Crippen molar-refractivity contribution in [3.63, 3.8) is 0 Å². The third kappa shape index (κ3) is 5.04. The smallest absolute Gasteiger partial charge is 0.306 e. The molecule has 1 heterocycles. The number of ether oxygens (including phenoxy) is 3. The first-order valence-corrected chi connectivity index (χ1v) is 11.8. The van der Waals surface area contributed by atoms with E-state index in [1.807, 2.05) is 18.2 Å². The van der Waals surface area contributed by atoms with Crippen LogP contribution in [-0.4, -0.2) is 25.8 Å². The van der Waals surface area contributed by atoms with Gasteiger partial charge < -0.3 is 19.5 Å². The van der Waals surface area contributed by atoms with Gasteiger partial charge in [-0.05, 0) is 50.5 Å². The summed E-state index contributed by atoms with van der Waals surface area (Å²) in [5.74, 6) is 1.56. The summed E-state index contributed by atoms with van der Waals surface area (Å²) in [7, 11) is 1.42. The van der Waals surface area contributed by atoms with Gasteiger partial charge in [0, 0.05) is 40.9 Å². The van der Waals surface area contributed by atoms with Gasteiger partial charge in [0.1, 0.15) is 11.5 Å². The summed E-state index contributed by atoms with van der Waals surface area (Å²) < 4.78 is 17.0. The Morgan fingerprint density at radius 2 is 1.82 bits per heavy atom. The van der Waals surface area contributed by atoms with Crippen LogP contribution in [0.4, 0.5) is 5.69 Å². The molecule has 5 nitrogen and oxygen atoms in total. The van der Waals surface area contributed by atoms with E-state index in [2.05, 4.69) is 69.4 Å². The minimum absolute atomic E-state index is 0.0385. The number of anilines is 1. The van der Waals surface area contributed by atoms with Crippen LogP contribution < -0.4 is 14.8 Å². The van der Waals surface area contributed by atoms with Crippen molar-refractivity contribution in [2.75, 3.05) is 19.0 Å². The van der Waals surface area contributed by atoms with Gasteiger partial charge in [0.05, 0.1) is 26.2 Å². The van der Waals surface area contributed by atoms with Gasteiger partial charge in [0.2, 0.25) is 0 Å². The quantitative estimate of drug-likeness (QED) is 0.395. The van der Waals surface area contributed by atoms with Gasteiger partial charge in [-0.3, -0.25) is 4.79 Å². The molecule has 0 saturated heterocycles. The van der Waals surface area contributed by atoms with Crippen LogP contribution in [0.25, 0.3) is 11.1 Å². The van der Waals surface area contributed by atoms with Gasteiger partial charge in [0.25, 0.3) is 0 Å². The Kier molecular flexibility index (Phi) is 7.11. The minimum atomic E-state index is -0.217. The highest BCUT2D eigenvalue weighted by Crippen LogP contribution is 2.40. The van der Waals surface area contributed by atoms with Gasteiger partial charge in [0.15, 0.2) is 0 Å². The van der Waals surface area contributed by atoms with E-state index in [0.717, 1.165) is 33.9 Å². The zero-order valence-corrected chi connectivity index (χ0v) is 20.6. The molecule has 0 unspecified atom stereocenters. The first-order valence-electron chi connectivity index (χ1n) is 11.8. The zero-order chi connectivity index (χ0) is 24.2. The molecule has 34 heavy (non-hydrogen) atoms. The van der Waals surface area contributed by atoms with Crippen molar-refractivity contribution in [1.29, 1.82) is 0 Å². The van der Waals surface area contributed by atoms with E-state index in [-0.39, 0.29) is 18.0 Å². The molecular weight excluding hydrogens is 426 g/mol. The molecule has 0 saturated carbocycles. The zero-order valence-electron chi connectivity index (χ0n) is 20.6. The van der Waals surface area contributed by atoms with Crippen molar-refractivity contribution in [3.05, 3.63) is 76.9 Å². The van der Waals surface area contributed by atoms with E-state index in [4.69, 9.17) is 14.2 Å². The first kappa shape index (κ1) is 23.7. The second kappa shape index (κ2) is 10.2. The highest BCUT2D eigenvalue weighted by atomic mass is 16.5. The summed E-state index contributed by atoms with van der Waals surface area (Å²) >= 11 is 0. The lowest BCUT2D eigenvalue weighted by atomic mass is 9.93. The number of hydrogen-bond acceptors (Lipinski definition) is 5. The van der Waals surface area contributed by atoms with Crippen LogP contribution in [0.5, 0.6) is 11.5 Å². The molecule has 1 atom stereocenters. The Balaban J connectivity index is 1.59. The van der Waals surface area contributed by atoms with Crippen LogP contribution in [0, 0.1) is 13.8 Å². The number of carbonyl (C=O) groups is 1. The lowest BCUT2D eigenvalue weighted by Gasteiger charge is -2.21. The molecule has 3 aromatic rings. The molecule has 0 radical (unpaired) electrons. The Hall–Kier alpha value is -3.47. The third-order valence-corrected chi connectivity index (χ3v) is 6.22. The van der Waals surface area contributed by atoms with E-state index in [1.54, 1.807) is 0 Å². The maximum Gasteiger partial charge on any atom is 0.306 e. The van der Waals surface area contributed by atoms with E-state index in [1.165, 1.54) is 23.8 Å². The van der Waals surface area contributed by atoms with Gasteiger partial charge >= 0.3 is 5.97 Å². The average molecular weight is 460 g/mol. The largest absolute Gasteiger partial charge is 0.493 e. The molecule has 4 rings (SSSR count). The average Bonchev–Trinajstić information content (AvgIpc) is 3.20. The number of nitrogens with one attached hydrogen (secondary N) is 1. The summed E-state index contributed by atoms with van der Waals surface area (Å²) in [6.45, 7) is 9.51. The van der Waals surface area contributed by atoms with E-state index >= 15 is 0 Å². The number of hydrogen-bond donors (Lipinski definition) is 1. The van der Waals surface area contributed by atoms with Crippen LogP contribution >= 0.6 is 0 Å². The number of para-hydroxylation sites is 1. The van der Waals surface area contributed by atoms with Crippen molar-refractivity contribution < 1.29 is 19.0 Å². The lowest BCUT2D eigenvalue weighted by Crippen LogP contribution is -2.11. The van der Waals surface area contributed by atoms with E-state index < -0.39 is 0 Å². The maximum absolute atomic E-state index is 11.7. The Labute approximate surface area is 202 Å². The molecule has 0 aliphatic carbocycles. The molecular formula is C29H33NO4. The summed E-state index contributed by atoms with van der Waals surface area (Å²) in [6.07, 6.45) is 0.390. The van der Waals surface area contributed by atoms with E-state index in [0.29, 0.717) is 19.6 Å². The van der Waals surface area contributed by atoms with Crippen LogP contribution in [0.2, 0.25) is 0 Å². The number of aryl methyl sites for hydroxylation is 2. The predicted octanol–water partition coefficient (Wildman–Crippen LogP) is 6.41. The monoisotopic (exact) mass is 459 g/mol. The molecule has 1 N–H and O–H groups in total. The SMILES string of the molecule is COC(=O)C[C@@H]1COc2cc(NCc3cccc(-c4c(C)cccc4C)c3OC(C)C)ccc21. The fourth-order valence-corrected chi connectivity index (χ4v) is 4.57. The molecule has 0 aromatic heterocycles. The molecule has 1 aliphatic heterocycles. The van der Waals surface area contributed by atoms with Crippen molar-refractivity contribution in [2.45, 2.75) is 52.7 Å². The normalized spacial score (nSPS) is 14.5. The molecule has 1 aliphatic rings. The molecule has 0 bridgehead atoms. The number of methoxy groups -OCH3 is 1. The minimum Gasteiger partial charge on any atom is -0.493 e. The van der Waals surface area contributed by atoms with Gasteiger partial charge in [-0.2, -0.15) is 0 Å². The second-order valence-electron chi connectivity index (χ2n) is 9.12. The summed E-state index contributed by atoms with van der Waals surface area (Å²) in [4.78, 5) is 11.7. The van der Waals surface area contributed by atoms with Crippen molar-refractivity contribution in [3.8, 4) is 22.6 Å². The standard InChI is InChI=1S/C29H33NO4/c1-18(2)34-29-21(10-7-11-25(29)28-19(3)8-6-9-20(28)4)16-30-23-12-13-24-22(14-27(31)32-5)17-33-26(24)15-23/h6-13,15,18,22,30H,14,16-17H2,1-5H3/t22-/m1/s1. The number of benzene rings is 3. The Morgan fingerprint density at radius 3 is 2.53 bits per heavy atom. The number of esters is 1. The molecule has 5 heteroatoms. The van der Waals surface area contributed by atoms with Crippen molar-refractivity contribution in [1.82, 2.24) is 0 Å². The fraction of sp³-hybridized carbons (Fsp3) is 0.345. The number of carbonyl (C=O) groups excluding carboxylic acids is 1. The van der Waals surface area contributed by atoms with Crippen LogP contribution in [-0.2, 0) is 16.1 Å². The predicted molar refractivity (Wildman–Crippen MR) is 136 cm³/mol. The Bertz CT molecular complexity index is 1160. The van der Waals surface area contributed by atoms with Crippen molar-refractivity contribution in [2.24, 2.45) is 0 Å². The molecule has 178 valence electrons. The summed E-state index contributed by atoms with van der Waals surface area (Å²) in [5.41, 5.74) is 7.92. The first-order chi connectivity index (χ1) is 16.4. The van der Waals surface area contributed by atoms with Crippen LogP contribution in [0.3, 0.4) is 0 Å². The Morgan fingerprint density at radius 1 is 1.09 bits per heavy atom. The molecule has 0 amide bonds. The molecule has 3 aromatic carbocycles. The van der Waals surface area contributed by atoms with Gasteiger partial charge in [-0.1, -0.05) is 42.5 Å². The number of fused-ring (bicyclic) bond motifs is 1. The van der Waals surface area contributed by atoms with Gasteiger partial charge in [-0.25, -0.2) is 0 Å². The topological polar surface area (TPSA) is 56.8 Å². The summed E-state index contributed by atoms with van der Waals surface area (Å²) in [6, 6.07) is 18.8. The van der Waals surface area contributed by atoms with Crippen LogP contribution in [0.1, 0.15) is 48.4 Å². The highest BCUT2D eigenvalue weighted by Gasteiger charge is 2.27. The molecule has 0 spiro atoms. The molecule has 0 fully saturated rings. The van der Waals surface area contributed by atoms with Crippen LogP contribution in [0.15, 0.2) is 54.6 Å². The fourth-order valence-electron chi connectivity index (χ4n) is 4.57. The second-order valence-corrected chi connectivity index (χ2v) is 9.12.